The van der Waals surface area contributed by atoms with Gasteiger partial charge in [0.2, 0.25) is 5.91 Å². The third-order valence-electron chi connectivity index (χ3n) is 3.46. The average Bonchev–Trinajstić information content (AvgIpc) is 2.56. The summed E-state index contributed by atoms with van der Waals surface area (Å²) in [5.74, 6) is -1.34. The number of hydrogen-bond donors (Lipinski definition) is 2. The number of carboxylic acid groups (broad SMARTS) is 1. The van der Waals surface area contributed by atoms with Crippen molar-refractivity contribution in [3.8, 4) is 5.75 Å². The van der Waals surface area contributed by atoms with Crippen molar-refractivity contribution in [1.82, 2.24) is 0 Å². The van der Waals surface area contributed by atoms with E-state index in [4.69, 9.17) is 9.84 Å². The lowest BCUT2D eigenvalue weighted by Crippen LogP contribution is -2.12. The van der Waals surface area contributed by atoms with E-state index in [9.17, 15) is 14.0 Å². The molecule has 0 atom stereocenters. The summed E-state index contributed by atoms with van der Waals surface area (Å²) in [7, 11) is 0. The second kappa shape index (κ2) is 9.14. The molecule has 0 unspecified atom stereocenters. The maximum absolute atomic E-state index is 14.5. The van der Waals surface area contributed by atoms with Crippen molar-refractivity contribution in [3.05, 3.63) is 56.2 Å². The third-order valence-corrected chi connectivity index (χ3v) is 4.64. The lowest BCUT2D eigenvalue weighted by Gasteiger charge is -2.14. The predicted molar refractivity (Wildman–Crippen MR) is 103 cm³/mol. The molecule has 0 aliphatic heterocycles. The highest BCUT2D eigenvalue weighted by molar-refractivity contribution is 9.11. The van der Waals surface area contributed by atoms with Crippen LogP contribution < -0.4 is 10.1 Å². The van der Waals surface area contributed by atoms with Crippen LogP contribution in [-0.4, -0.2) is 17.0 Å². The quantitative estimate of drug-likeness (QED) is 0.580. The summed E-state index contributed by atoms with van der Waals surface area (Å²) in [6.45, 7) is 1.63. The summed E-state index contributed by atoms with van der Waals surface area (Å²) in [4.78, 5) is 22.3. The van der Waals surface area contributed by atoms with Crippen molar-refractivity contribution in [2.24, 2.45) is 0 Å². The van der Waals surface area contributed by atoms with E-state index in [2.05, 4.69) is 37.2 Å². The second-order valence-electron chi connectivity index (χ2n) is 5.43. The molecule has 2 rings (SSSR count). The van der Waals surface area contributed by atoms with Crippen LogP contribution in [0.2, 0.25) is 0 Å². The Hall–Kier alpha value is -1.93. The summed E-state index contributed by atoms with van der Waals surface area (Å²) >= 11 is 6.68. The number of ether oxygens (including phenoxy) is 1. The zero-order chi connectivity index (χ0) is 19.3. The van der Waals surface area contributed by atoms with Gasteiger partial charge in [0, 0.05) is 12.0 Å². The van der Waals surface area contributed by atoms with Gasteiger partial charge in [-0.1, -0.05) is 19.1 Å². The van der Waals surface area contributed by atoms with Gasteiger partial charge in [0.15, 0.2) is 5.82 Å². The molecule has 2 aromatic carbocycles. The number of anilines is 1. The van der Waals surface area contributed by atoms with Gasteiger partial charge in [-0.15, -0.1) is 0 Å². The molecule has 0 fully saturated rings. The Labute approximate surface area is 166 Å². The van der Waals surface area contributed by atoms with Gasteiger partial charge in [0.1, 0.15) is 12.4 Å². The van der Waals surface area contributed by atoms with Gasteiger partial charge in [-0.25, -0.2) is 4.39 Å². The Bertz CT molecular complexity index is 819. The van der Waals surface area contributed by atoms with E-state index in [1.54, 1.807) is 31.2 Å². The van der Waals surface area contributed by atoms with Crippen molar-refractivity contribution in [3.63, 3.8) is 0 Å². The van der Waals surface area contributed by atoms with E-state index in [-0.39, 0.29) is 36.6 Å². The molecular weight excluding hydrogens is 473 g/mol. The van der Waals surface area contributed by atoms with Gasteiger partial charge in [-0.2, -0.15) is 0 Å². The zero-order valence-electron chi connectivity index (χ0n) is 13.8. The number of hydrogen-bond acceptors (Lipinski definition) is 3. The Morgan fingerprint density at radius 1 is 1.23 bits per heavy atom. The van der Waals surface area contributed by atoms with Crippen molar-refractivity contribution in [1.29, 1.82) is 0 Å². The number of aliphatic carboxylic acids is 1. The molecule has 0 heterocycles. The Morgan fingerprint density at radius 2 is 1.88 bits per heavy atom. The third kappa shape index (κ3) is 5.28. The monoisotopic (exact) mass is 487 g/mol. The molecule has 5 nitrogen and oxygen atoms in total. The van der Waals surface area contributed by atoms with Crippen molar-refractivity contribution in [2.75, 3.05) is 5.32 Å². The Morgan fingerprint density at radius 3 is 2.46 bits per heavy atom. The smallest absolute Gasteiger partial charge is 0.307 e. The molecule has 0 bridgehead atoms. The van der Waals surface area contributed by atoms with Crippen LogP contribution in [0.15, 0.2) is 39.3 Å². The number of carboxylic acids is 1. The van der Waals surface area contributed by atoms with Crippen molar-refractivity contribution >= 4 is 49.4 Å². The van der Waals surface area contributed by atoms with E-state index in [1.165, 1.54) is 6.07 Å². The van der Waals surface area contributed by atoms with Crippen LogP contribution in [0.25, 0.3) is 0 Å². The number of carbonyl (C=O) groups is 2. The molecule has 8 heteroatoms. The molecule has 0 aliphatic carbocycles. The molecule has 0 spiro atoms. The van der Waals surface area contributed by atoms with Crippen LogP contribution in [0.4, 0.5) is 10.1 Å². The molecule has 2 N–H and O–H groups in total. The lowest BCUT2D eigenvalue weighted by molar-refractivity contribution is -0.136. The van der Waals surface area contributed by atoms with Crippen LogP contribution >= 0.6 is 31.9 Å². The lowest BCUT2D eigenvalue weighted by atomic mass is 10.1. The van der Waals surface area contributed by atoms with Crippen LogP contribution in [-0.2, 0) is 22.6 Å². The van der Waals surface area contributed by atoms with E-state index < -0.39 is 11.8 Å². The fraction of sp³-hybridized carbons (Fsp3) is 0.222. The molecule has 138 valence electrons. The molecule has 1 amide bonds. The summed E-state index contributed by atoms with van der Waals surface area (Å²) < 4.78 is 21.3. The second-order valence-corrected chi connectivity index (χ2v) is 7.14. The van der Waals surface area contributed by atoms with E-state index >= 15 is 0 Å². The number of amides is 1. The minimum Gasteiger partial charge on any atom is -0.486 e. The fourth-order valence-corrected chi connectivity index (χ4v) is 3.71. The van der Waals surface area contributed by atoms with Crippen LogP contribution in [0.5, 0.6) is 5.75 Å². The largest absolute Gasteiger partial charge is 0.486 e. The van der Waals surface area contributed by atoms with Crippen molar-refractivity contribution in [2.45, 2.75) is 26.4 Å². The summed E-state index contributed by atoms with van der Waals surface area (Å²) in [6, 6.07) is 7.97. The highest BCUT2D eigenvalue weighted by Gasteiger charge is 2.14. The molecule has 0 aromatic heterocycles. The maximum Gasteiger partial charge on any atom is 0.307 e. The van der Waals surface area contributed by atoms with Gasteiger partial charge < -0.3 is 15.2 Å². The van der Waals surface area contributed by atoms with Crippen LogP contribution in [0.3, 0.4) is 0 Å². The number of benzene rings is 2. The summed E-state index contributed by atoms with van der Waals surface area (Å²) in [6.07, 6.45) is 0.133. The molecular formula is C18H16Br2FNO4. The normalized spacial score (nSPS) is 10.5. The van der Waals surface area contributed by atoms with Gasteiger partial charge in [-0.05, 0) is 55.6 Å². The standard InChI is InChI=1S/C18H16Br2FNO4/c1-2-15(23)22-14-5-3-4-11(17(14)21)9-26-18-12(19)6-10(7-13(18)20)8-16(24)25/h3-7H,2,8-9H2,1H3,(H,22,23)(H,24,25). The van der Waals surface area contributed by atoms with E-state index in [0.717, 1.165) is 0 Å². The maximum atomic E-state index is 14.5. The first kappa shape index (κ1) is 20.4. The number of rotatable bonds is 7. The minimum absolute atomic E-state index is 0.0584. The predicted octanol–water partition coefficient (Wildman–Crippen LogP) is 4.91. The zero-order valence-corrected chi connectivity index (χ0v) is 17.0. The van der Waals surface area contributed by atoms with Crippen LogP contribution in [0.1, 0.15) is 24.5 Å². The van der Waals surface area contributed by atoms with Gasteiger partial charge in [0.05, 0.1) is 21.1 Å². The first-order valence-corrected chi connectivity index (χ1v) is 9.30. The summed E-state index contributed by atoms with van der Waals surface area (Å²) in [5, 5.41) is 11.4. The first-order valence-electron chi connectivity index (χ1n) is 7.71. The molecule has 0 radical (unpaired) electrons. The van der Waals surface area contributed by atoms with E-state index in [0.29, 0.717) is 20.3 Å². The fourth-order valence-electron chi connectivity index (χ4n) is 2.20. The first-order chi connectivity index (χ1) is 12.3. The van der Waals surface area contributed by atoms with E-state index in [1.807, 2.05) is 0 Å². The molecule has 2 aromatic rings. The summed E-state index contributed by atoms with van der Waals surface area (Å²) in [5.41, 5.74) is 0.985. The van der Waals surface area contributed by atoms with Gasteiger partial charge >= 0.3 is 5.97 Å². The Kier molecular flexibility index (Phi) is 7.16. The molecule has 0 aliphatic rings. The molecule has 0 saturated heterocycles. The minimum atomic E-state index is -0.939. The van der Waals surface area contributed by atoms with Crippen LogP contribution in [0, 0.1) is 5.82 Å². The SMILES string of the molecule is CCC(=O)Nc1cccc(COc2c(Br)cc(CC(=O)O)cc2Br)c1F. The average molecular weight is 489 g/mol. The van der Waals surface area contributed by atoms with Gasteiger partial charge in [-0.3, -0.25) is 9.59 Å². The number of carbonyl (C=O) groups excluding carboxylic acids is 1. The Balaban J connectivity index is 2.17. The highest BCUT2D eigenvalue weighted by atomic mass is 79.9. The molecule has 0 saturated carbocycles. The molecule has 26 heavy (non-hydrogen) atoms. The number of nitrogens with one attached hydrogen (secondary N) is 1. The topological polar surface area (TPSA) is 75.6 Å². The van der Waals surface area contributed by atoms with Crippen molar-refractivity contribution < 1.29 is 23.8 Å². The highest BCUT2D eigenvalue weighted by Crippen LogP contribution is 2.35. The van der Waals surface area contributed by atoms with Gasteiger partial charge in [0.25, 0.3) is 0 Å². The number of halogens is 3.